The third-order valence-electron chi connectivity index (χ3n) is 2.01. The molecule has 0 aliphatic carbocycles. The van der Waals surface area contributed by atoms with Crippen LogP contribution in [0.5, 0.6) is 0 Å². The van der Waals surface area contributed by atoms with E-state index in [9.17, 15) is 0 Å². The molecule has 1 aromatic carbocycles. The van der Waals surface area contributed by atoms with E-state index in [1.165, 1.54) is 0 Å². The number of hydrazone groups is 1. The van der Waals surface area contributed by atoms with Crippen molar-refractivity contribution in [2.45, 2.75) is 0 Å². The van der Waals surface area contributed by atoms with Crippen molar-refractivity contribution in [2.24, 2.45) is 5.10 Å². The average Bonchev–Trinajstić information content (AvgIpc) is 2.76. The van der Waals surface area contributed by atoms with Gasteiger partial charge in [-0.05, 0) is 40.3 Å². The molecule has 0 bridgehead atoms. The van der Waals surface area contributed by atoms with Gasteiger partial charge in [0, 0.05) is 5.69 Å². The lowest BCUT2D eigenvalue weighted by molar-refractivity contribution is 1.04. The van der Waals surface area contributed by atoms with Gasteiger partial charge in [-0.15, -0.1) is 0 Å². The Morgan fingerprint density at radius 2 is 2.17 bits per heavy atom. The molecular weight excluding hydrogens is 314 g/mol. The minimum Gasteiger partial charge on any atom is -0.331 e. The van der Waals surface area contributed by atoms with Gasteiger partial charge in [0.15, 0.2) is 5.11 Å². The Labute approximate surface area is 118 Å². The van der Waals surface area contributed by atoms with E-state index in [4.69, 9.17) is 12.2 Å². The van der Waals surface area contributed by atoms with E-state index in [0.717, 1.165) is 15.9 Å². The second-order valence-corrected chi connectivity index (χ2v) is 4.58. The van der Waals surface area contributed by atoms with E-state index < -0.39 is 0 Å². The highest BCUT2D eigenvalue weighted by molar-refractivity contribution is 9.10. The number of nitrogens with zero attached hydrogens (tertiary/aromatic N) is 2. The van der Waals surface area contributed by atoms with Crippen molar-refractivity contribution < 1.29 is 0 Å². The van der Waals surface area contributed by atoms with Crippen molar-refractivity contribution in [1.29, 1.82) is 0 Å². The number of H-pyrrole nitrogens is 1. The third kappa shape index (κ3) is 3.64. The van der Waals surface area contributed by atoms with Gasteiger partial charge in [-0.25, -0.2) is 0 Å². The van der Waals surface area contributed by atoms with Crippen LogP contribution in [-0.4, -0.2) is 21.5 Å². The summed E-state index contributed by atoms with van der Waals surface area (Å²) in [6.07, 6.45) is 3.25. The Kier molecular flexibility index (Phi) is 4.43. The molecule has 1 heterocycles. The van der Waals surface area contributed by atoms with E-state index in [0.29, 0.717) is 5.11 Å². The first-order valence-corrected chi connectivity index (χ1v) is 6.30. The van der Waals surface area contributed by atoms with Crippen LogP contribution >= 0.6 is 28.1 Å². The fraction of sp³-hybridized carbons (Fsp3) is 0. The molecule has 2 aromatic rings. The van der Waals surface area contributed by atoms with E-state index in [1.807, 2.05) is 30.3 Å². The highest BCUT2D eigenvalue weighted by Gasteiger charge is 1.97. The zero-order chi connectivity index (χ0) is 12.8. The van der Waals surface area contributed by atoms with Crippen LogP contribution in [0.3, 0.4) is 0 Å². The largest absolute Gasteiger partial charge is 0.331 e. The molecule has 0 aliphatic rings. The molecule has 0 amide bonds. The average molecular weight is 324 g/mol. The standard InChI is InChI=1S/C11H10BrN5S/c12-9-6-13-16-10(9)7-14-17-11(18)15-8-4-2-1-3-5-8/h1-7H,(H,13,16)(H2,15,17,18)/b14-7+. The second kappa shape index (κ2) is 6.27. The lowest BCUT2D eigenvalue weighted by atomic mass is 10.3. The first kappa shape index (κ1) is 12.7. The topological polar surface area (TPSA) is 65.1 Å². The smallest absolute Gasteiger partial charge is 0.191 e. The molecule has 18 heavy (non-hydrogen) atoms. The molecule has 5 nitrogen and oxygen atoms in total. The highest BCUT2D eigenvalue weighted by atomic mass is 79.9. The first-order valence-electron chi connectivity index (χ1n) is 5.09. The number of para-hydroxylation sites is 1. The maximum Gasteiger partial charge on any atom is 0.191 e. The lowest BCUT2D eigenvalue weighted by Gasteiger charge is -2.05. The fourth-order valence-electron chi connectivity index (χ4n) is 1.21. The van der Waals surface area contributed by atoms with Crippen LogP contribution in [0.1, 0.15) is 5.69 Å². The number of hydrogen-bond acceptors (Lipinski definition) is 3. The van der Waals surface area contributed by atoms with Crippen LogP contribution in [0.4, 0.5) is 5.69 Å². The van der Waals surface area contributed by atoms with Gasteiger partial charge in [0.05, 0.1) is 22.6 Å². The van der Waals surface area contributed by atoms with Gasteiger partial charge in [0.25, 0.3) is 0 Å². The summed E-state index contributed by atoms with van der Waals surface area (Å²) < 4.78 is 0.843. The molecule has 1 aromatic heterocycles. The van der Waals surface area contributed by atoms with Crippen molar-refractivity contribution >= 4 is 45.2 Å². The Morgan fingerprint density at radius 3 is 2.83 bits per heavy atom. The van der Waals surface area contributed by atoms with Gasteiger partial charge in [0.1, 0.15) is 0 Å². The fourth-order valence-corrected chi connectivity index (χ4v) is 1.67. The number of rotatable bonds is 3. The van der Waals surface area contributed by atoms with Crippen molar-refractivity contribution in [3.63, 3.8) is 0 Å². The minimum atomic E-state index is 0.424. The number of nitrogens with one attached hydrogen (secondary N) is 3. The highest BCUT2D eigenvalue weighted by Crippen LogP contribution is 2.09. The number of aromatic nitrogens is 2. The maximum absolute atomic E-state index is 5.09. The molecule has 92 valence electrons. The normalized spacial score (nSPS) is 10.5. The van der Waals surface area contributed by atoms with Crippen LogP contribution in [0.2, 0.25) is 0 Å². The van der Waals surface area contributed by atoms with Crippen LogP contribution in [0.25, 0.3) is 0 Å². The quantitative estimate of drug-likeness (QED) is 0.461. The maximum atomic E-state index is 5.09. The van der Waals surface area contributed by atoms with Crippen molar-refractivity contribution in [3.8, 4) is 0 Å². The predicted molar refractivity (Wildman–Crippen MR) is 79.7 cm³/mol. The molecule has 7 heteroatoms. The van der Waals surface area contributed by atoms with Gasteiger partial charge in [0.2, 0.25) is 0 Å². The van der Waals surface area contributed by atoms with Crippen LogP contribution < -0.4 is 10.7 Å². The van der Waals surface area contributed by atoms with Crippen LogP contribution in [-0.2, 0) is 0 Å². The van der Waals surface area contributed by atoms with E-state index in [1.54, 1.807) is 12.4 Å². The van der Waals surface area contributed by atoms with Gasteiger partial charge < -0.3 is 5.32 Å². The lowest BCUT2D eigenvalue weighted by Crippen LogP contribution is -2.23. The first-order chi connectivity index (χ1) is 8.75. The van der Waals surface area contributed by atoms with E-state index >= 15 is 0 Å². The third-order valence-corrected chi connectivity index (χ3v) is 2.84. The monoisotopic (exact) mass is 323 g/mol. The second-order valence-electron chi connectivity index (χ2n) is 3.32. The van der Waals surface area contributed by atoms with Gasteiger partial charge in [-0.1, -0.05) is 18.2 Å². The zero-order valence-corrected chi connectivity index (χ0v) is 11.6. The molecule has 0 unspecified atom stereocenters. The van der Waals surface area contributed by atoms with Crippen LogP contribution in [0.15, 0.2) is 46.1 Å². The molecule has 0 atom stereocenters. The van der Waals surface area contributed by atoms with Crippen molar-refractivity contribution in [1.82, 2.24) is 15.6 Å². The van der Waals surface area contributed by atoms with Crippen LogP contribution in [0, 0.1) is 0 Å². The number of halogens is 1. The Balaban J connectivity index is 1.86. The molecule has 0 saturated carbocycles. The van der Waals surface area contributed by atoms with Gasteiger partial charge >= 0.3 is 0 Å². The molecule has 0 aliphatic heterocycles. The molecular formula is C11H10BrN5S. The Bertz CT molecular complexity index is 552. The summed E-state index contributed by atoms with van der Waals surface area (Å²) in [5.74, 6) is 0. The summed E-state index contributed by atoms with van der Waals surface area (Å²) in [5.41, 5.74) is 4.40. The SMILES string of the molecule is S=C(N/N=C/c1[nH]ncc1Br)Nc1ccccc1. The van der Waals surface area contributed by atoms with Gasteiger partial charge in [-0.2, -0.15) is 10.2 Å². The van der Waals surface area contributed by atoms with Crippen molar-refractivity contribution in [3.05, 3.63) is 46.7 Å². The molecule has 3 N–H and O–H groups in total. The van der Waals surface area contributed by atoms with E-state index in [-0.39, 0.29) is 0 Å². The predicted octanol–water partition coefficient (Wildman–Crippen LogP) is 2.49. The number of thiocarbonyl (C=S) groups is 1. The Morgan fingerprint density at radius 1 is 1.39 bits per heavy atom. The molecule has 0 radical (unpaired) electrons. The number of hydrogen-bond donors (Lipinski definition) is 3. The molecule has 2 rings (SSSR count). The number of benzene rings is 1. The summed E-state index contributed by atoms with van der Waals surface area (Å²) in [4.78, 5) is 0. The number of anilines is 1. The van der Waals surface area contributed by atoms with Gasteiger partial charge in [-0.3, -0.25) is 10.5 Å². The zero-order valence-electron chi connectivity index (χ0n) is 9.22. The number of aromatic amines is 1. The van der Waals surface area contributed by atoms with Crippen molar-refractivity contribution in [2.75, 3.05) is 5.32 Å². The summed E-state index contributed by atoms with van der Waals surface area (Å²) in [6, 6.07) is 9.63. The summed E-state index contributed by atoms with van der Waals surface area (Å²) in [5, 5.41) is 14.0. The molecule has 0 spiro atoms. The Hall–Kier alpha value is -1.73. The van der Waals surface area contributed by atoms with E-state index in [2.05, 4.69) is 42.0 Å². The minimum absolute atomic E-state index is 0.424. The molecule has 0 fully saturated rings. The summed E-state index contributed by atoms with van der Waals surface area (Å²) in [7, 11) is 0. The summed E-state index contributed by atoms with van der Waals surface area (Å²) in [6.45, 7) is 0. The summed E-state index contributed by atoms with van der Waals surface area (Å²) >= 11 is 8.42. The molecule has 0 saturated heterocycles.